The molecule has 2 atom stereocenters. The molecule has 2 N–H and O–H groups in total. The summed E-state index contributed by atoms with van der Waals surface area (Å²) in [5, 5.41) is 1.64. The summed E-state index contributed by atoms with van der Waals surface area (Å²) in [6.45, 7) is 1.93. The molecule has 2 fully saturated rings. The average Bonchev–Trinajstić information content (AvgIpc) is 2.71. The molecule has 2 bridgehead atoms. The van der Waals surface area contributed by atoms with Crippen LogP contribution in [0.15, 0.2) is 0 Å². The summed E-state index contributed by atoms with van der Waals surface area (Å²) in [4.78, 5) is 37.4. The van der Waals surface area contributed by atoms with Gasteiger partial charge in [-0.15, -0.1) is 4.28 Å². The van der Waals surface area contributed by atoms with E-state index in [1.165, 1.54) is 7.05 Å². The number of nitrogens with zero attached hydrogens (tertiary/aromatic N) is 3. The second-order valence-corrected chi connectivity index (χ2v) is 6.69. The van der Waals surface area contributed by atoms with Crippen molar-refractivity contribution in [3.63, 3.8) is 0 Å². The minimum Gasteiger partial charge on any atom is -0.309 e. The Morgan fingerprint density at radius 3 is 2.67 bits per heavy atom. The standard InChI is InChI=1S/C12H20N4O7S/c1-3-4-10(17)14(2)13-11(18)9-6-5-8-7-15(9)12(19)16(8)23-24(20,21)22/h8-9H,3-7H2,1-2H3,(H,13,18)(H,20,21,22)/t8-,9+/m1/s1. The maximum Gasteiger partial charge on any atom is 0.418 e. The Balaban J connectivity index is 2.03. The number of rotatable bonds is 5. The third-order valence-electron chi connectivity index (χ3n) is 3.92. The van der Waals surface area contributed by atoms with E-state index in [0.717, 1.165) is 9.91 Å². The zero-order chi connectivity index (χ0) is 18.1. The molecule has 2 aliphatic rings. The van der Waals surface area contributed by atoms with Crippen LogP contribution in [0.1, 0.15) is 32.6 Å². The van der Waals surface area contributed by atoms with E-state index in [1.54, 1.807) is 0 Å². The van der Waals surface area contributed by atoms with E-state index in [4.69, 9.17) is 4.55 Å². The van der Waals surface area contributed by atoms with E-state index in [2.05, 4.69) is 9.71 Å². The molecule has 0 unspecified atom stereocenters. The Kier molecular flexibility index (Phi) is 5.30. The first-order chi connectivity index (χ1) is 11.1. The van der Waals surface area contributed by atoms with Crippen molar-refractivity contribution >= 4 is 28.2 Å². The van der Waals surface area contributed by atoms with Gasteiger partial charge in [0.15, 0.2) is 0 Å². The third kappa shape index (κ3) is 3.94. The summed E-state index contributed by atoms with van der Waals surface area (Å²) in [5.41, 5.74) is 2.42. The Labute approximate surface area is 139 Å². The van der Waals surface area contributed by atoms with Crippen molar-refractivity contribution in [2.75, 3.05) is 13.6 Å². The van der Waals surface area contributed by atoms with E-state index in [0.29, 0.717) is 17.9 Å². The van der Waals surface area contributed by atoms with Crippen LogP contribution in [0, 0.1) is 0 Å². The maximum absolute atomic E-state index is 12.3. The fraction of sp³-hybridized carbons (Fsp3) is 0.750. The second-order valence-electron chi connectivity index (χ2n) is 5.69. The molecule has 2 rings (SSSR count). The number of piperidine rings is 1. The monoisotopic (exact) mass is 364 g/mol. The van der Waals surface area contributed by atoms with Gasteiger partial charge in [0, 0.05) is 20.0 Å². The van der Waals surface area contributed by atoms with Crippen molar-refractivity contribution in [2.24, 2.45) is 0 Å². The molecule has 24 heavy (non-hydrogen) atoms. The van der Waals surface area contributed by atoms with E-state index in [9.17, 15) is 22.8 Å². The molecule has 0 radical (unpaired) electrons. The van der Waals surface area contributed by atoms with Crippen LogP contribution in [-0.2, 0) is 24.3 Å². The lowest BCUT2D eigenvalue weighted by Crippen LogP contribution is -2.54. The highest BCUT2D eigenvalue weighted by Crippen LogP contribution is 2.30. The second kappa shape index (κ2) is 6.91. The van der Waals surface area contributed by atoms with Gasteiger partial charge in [0.25, 0.3) is 5.91 Å². The molecule has 0 aromatic carbocycles. The van der Waals surface area contributed by atoms with E-state index >= 15 is 0 Å². The summed E-state index contributed by atoms with van der Waals surface area (Å²) in [6.07, 6.45) is 1.52. The number of hydrazine groups is 1. The fourth-order valence-electron chi connectivity index (χ4n) is 2.79. The topological polar surface area (TPSA) is 137 Å². The Bertz CT molecular complexity index is 637. The van der Waals surface area contributed by atoms with Crippen molar-refractivity contribution in [1.82, 2.24) is 20.4 Å². The molecule has 2 saturated heterocycles. The molecule has 2 heterocycles. The van der Waals surface area contributed by atoms with Gasteiger partial charge in [-0.3, -0.25) is 24.6 Å². The Morgan fingerprint density at radius 1 is 1.42 bits per heavy atom. The van der Waals surface area contributed by atoms with E-state index in [-0.39, 0.29) is 25.3 Å². The summed E-state index contributed by atoms with van der Waals surface area (Å²) in [5.74, 6) is -0.800. The number of urea groups is 1. The van der Waals surface area contributed by atoms with E-state index < -0.39 is 34.4 Å². The average molecular weight is 364 g/mol. The van der Waals surface area contributed by atoms with Gasteiger partial charge in [0.1, 0.15) is 6.04 Å². The smallest absolute Gasteiger partial charge is 0.309 e. The number of fused-ring (bicyclic) bond motifs is 2. The zero-order valence-electron chi connectivity index (χ0n) is 13.3. The fourth-order valence-corrected chi connectivity index (χ4v) is 3.18. The highest BCUT2D eigenvalue weighted by molar-refractivity contribution is 7.80. The van der Waals surface area contributed by atoms with Gasteiger partial charge in [-0.1, -0.05) is 6.92 Å². The first kappa shape index (κ1) is 18.4. The number of nitrogens with one attached hydrogen (secondary N) is 1. The van der Waals surface area contributed by atoms with Gasteiger partial charge in [-0.25, -0.2) is 4.79 Å². The molecular formula is C12H20N4O7S. The lowest BCUT2D eigenvalue weighted by atomic mass is 10.0. The lowest BCUT2D eigenvalue weighted by Gasteiger charge is -2.30. The van der Waals surface area contributed by atoms with Crippen LogP contribution >= 0.6 is 0 Å². The molecule has 2 aliphatic heterocycles. The van der Waals surface area contributed by atoms with Crippen molar-refractivity contribution < 1.29 is 31.6 Å². The quantitative estimate of drug-likeness (QED) is 0.485. The van der Waals surface area contributed by atoms with Crippen molar-refractivity contribution in [3.8, 4) is 0 Å². The van der Waals surface area contributed by atoms with Gasteiger partial charge in [0.05, 0.1) is 6.04 Å². The van der Waals surface area contributed by atoms with Crippen LogP contribution in [0.25, 0.3) is 0 Å². The van der Waals surface area contributed by atoms with Crippen LogP contribution in [0.2, 0.25) is 0 Å². The molecule has 0 aromatic heterocycles. The maximum atomic E-state index is 12.3. The predicted octanol–water partition coefficient (Wildman–Crippen LogP) is -0.721. The van der Waals surface area contributed by atoms with Gasteiger partial charge in [-0.05, 0) is 19.3 Å². The van der Waals surface area contributed by atoms with Crippen LogP contribution in [0.4, 0.5) is 4.79 Å². The SMILES string of the molecule is CCCC(=O)N(C)NC(=O)[C@@H]1CC[C@@H]2CN1C(=O)N2OS(=O)(=O)O. The number of hydrogen-bond donors (Lipinski definition) is 2. The number of hydrogen-bond acceptors (Lipinski definition) is 6. The Hall–Kier alpha value is -1.92. The molecular weight excluding hydrogens is 344 g/mol. The zero-order valence-corrected chi connectivity index (χ0v) is 14.2. The van der Waals surface area contributed by atoms with Gasteiger partial charge < -0.3 is 4.90 Å². The first-order valence-corrected chi connectivity index (χ1v) is 8.84. The molecule has 136 valence electrons. The highest BCUT2D eigenvalue weighted by atomic mass is 32.3. The molecule has 0 aromatic rings. The predicted molar refractivity (Wildman–Crippen MR) is 79.2 cm³/mol. The number of amides is 4. The molecule has 4 amide bonds. The summed E-state index contributed by atoms with van der Waals surface area (Å²) in [6, 6.07) is -2.23. The number of carbonyl (C=O) groups excluding carboxylic acids is 3. The molecule has 0 aliphatic carbocycles. The highest BCUT2D eigenvalue weighted by Gasteiger charge is 2.49. The molecule has 11 nitrogen and oxygen atoms in total. The Morgan fingerprint density at radius 2 is 2.08 bits per heavy atom. The molecule has 0 spiro atoms. The van der Waals surface area contributed by atoms with Gasteiger partial charge >= 0.3 is 16.4 Å². The third-order valence-corrected chi connectivity index (χ3v) is 4.26. The summed E-state index contributed by atoms with van der Waals surface area (Å²) < 4.78 is 34.6. The van der Waals surface area contributed by atoms with Crippen LogP contribution in [0.3, 0.4) is 0 Å². The van der Waals surface area contributed by atoms with E-state index in [1.807, 2.05) is 6.92 Å². The van der Waals surface area contributed by atoms with Gasteiger partial charge in [0.2, 0.25) is 5.91 Å². The van der Waals surface area contributed by atoms with Gasteiger partial charge in [-0.2, -0.15) is 13.5 Å². The minimum absolute atomic E-state index is 0.0963. The molecule has 0 saturated carbocycles. The van der Waals surface area contributed by atoms with Crippen LogP contribution < -0.4 is 5.43 Å². The van der Waals surface area contributed by atoms with Crippen molar-refractivity contribution in [1.29, 1.82) is 0 Å². The van der Waals surface area contributed by atoms with Crippen LogP contribution in [-0.4, -0.2) is 71.5 Å². The largest absolute Gasteiger partial charge is 0.418 e. The number of hydroxylamine groups is 2. The number of carbonyl (C=O) groups is 3. The lowest BCUT2D eigenvalue weighted by molar-refractivity contribution is -0.142. The van der Waals surface area contributed by atoms with Crippen molar-refractivity contribution in [2.45, 2.75) is 44.7 Å². The summed E-state index contributed by atoms with van der Waals surface area (Å²) in [7, 11) is -3.41. The normalized spacial score (nSPS) is 23.4. The summed E-state index contributed by atoms with van der Waals surface area (Å²) >= 11 is 0. The van der Waals surface area contributed by atoms with Crippen molar-refractivity contribution in [3.05, 3.63) is 0 Å². The van der Waals surface area contributed by atoms with Crippen LogP contribution in [0.5, 0.6) is 0 Å². The first-order valence-electron chi connectivity index (χ1n) is 7.48. The minimum atomic E-state index is -4.83. The molecule has 12 heteroatoms.